The number of thioether (sulfide) groups is 1. The van der Waals surface area contributed by atoms with E-state index in [1.807, 2.05) is 17.8 Å². The van der Waals surface area contributed by atoms with Crippen molar-refractivity contribution in [2.45, 2.75) is 43.3 Å². The highest BCUT2D eigenvalue weighted by molar-refractivity contribution is 7.99. The minimum atomic E-state index is -0.423. The Morgan fingerprint density at radius 2 is 1.96 bits per heavy atom. The molecule has 1 N–H and O–H groups in total. The maximum Gasteiger partial charge on any atom is 0.216 e. The van der Waals surface area contributed by atoms with Gasteiger partial charge in [-0.3, -0.25) is 4.79 Å². The van der Waals surface area contributed by atoms with Gasteiger partial charge >= 0.3 is 0 Å². The molecule has 1 saturated heterocycles. The molecule has 4 nitrogen and oxygen atoms in total. The van der Waals surface area contributed by atoms with Crippen LogP contribution in [0.3, 0.4) is 0 Å². The molecule has 1 aromatic rings. The Morgan fingerprint density at radius 3 is 2.65 bits per heavy atom. The summed E-state index contributed by atoms with van der Waals surface area (Å²) in [4.78, 5) is 12.7. The number of ether oxygens (including phenoxy) is 2. The summed E-state index contributed by atoms with van der Waals surface area (Å²) in [5.41, 5.74) is 0.0226. The zero-order chi connectivity index (χ0) is 16.2. The van der Waals surface area contributed by atoms with Gasteiger partial charge in [0.2, 0.25) is 5.91 Å². The van der Waals surface area contributed by atoms with Crippen LogP contribution < -0.4 is 5.32 Å². The van der Waals surface area contributed by atoms with Gasteiger partial charge in [-0.1, -0.05) is 18.2 Å². The Balaban J connectivity index is 1.72. The van der Waals surface area contributed by atoms with E-state index in [0.29, 0.717) is 19.8 Å². The highest BCUT2D eigenvalue weighted by atomic mass is 32.2. The van der Waals surface area contributed by atoms with E-state index in [4.69, 9.17) is 9.47 Å². The Kier molecular flexibility index (Phi) is 5.29. The molecule has 2 aliphatic rings. The summed E-state index contributed by atoms with van der Waals surface area (Å²) >= 11 is 1.86. The third-order valence-electron chi connectivity index (χ3n) is 4.72. The van der Waals surface area contributed by atoms with E-state index in [0.717, 1.165) is 31.4 Å². The van der Waals surface area contributed by atoms with Crippen LogP contribution in [0.4, 0.5) is 0 Å². The number of rotatable bonds is 5. The lowest BCUT2D eigenvalue weighted by molar-refractivity contribution is -0.198. The highest BCUT2D eigenvalue weighted by Gasteiger charge is 2.48. The summed E-state index contributed by atoms with van der Waals surface area (Å²) in [7, 11) is 0. The molecule has 126 valence electrons. The van der Waals surface area contributed by atoms with Crippen LogP contribution in [0.2, 0.25) is 0 Å². The first-order valence-electron chi connectivity index (χ1n) is 8.32. The molecule has 1 heterocycles. The van der Waals surface area contributed by atoms with Gasteiger partial charge < -0.3 is 14.8 Å². The lowest BCUT2D eigenvalue weighted by atomic mass is 9.72. The molecule has 23 heavy (non-hydrogen) atoms. The highest BCUT2D eigenvalue weighted by Crippen LogP contribution is 2.47. The average molecular weight is 335 g/mol. The number of carbonyl (C=O) groups is 1. The fourth-order valence-corrected chi connectivity index (χ4v) is 4.79. The second-order valence-corrected chi connectivity index (χ2v) is 7.70. The van der Waals surface area contributed by atoms with Gasteiger partial charge in [-0.25, -0.2) is 0 Å². The largest absolute Gasteiger partial charge is 0.356 e. The molecule has 3 rings (SSSR count). The lowest BCUT2D eigenvalue weighted by Gasteiger charge is -2.45. The SMILES string of the molecule is CC(=O)NCC1(CSc2ccccc2)CCCC2(C1)OCCO2. The first-order valence-corrected chi connectivity index (χ1v) is 9.30. The minimum Gasteiger partial charge on any atom is -0.356 e. The van der Waals surface area contributed by atoms with Crippen molar-refractivity contribution in [1.82, 2.24) is 5.32 Å². The lowest BCUT2D eigenvalue weighted by Crippen LogP contribution is -2.49. The normalized spacial score (nSPS) is 26.3. The number of benzene rings is 1. The zero-order valence-electron chi connectivity index (χ0n) is 13.7. The van der Waals surface area contributed by atoms with Crippen molar-refractivity contribution >= 4 is 17.7 Å². The molecule has 1 aliphatic heterocycles. The second kappa shape index (κ2) is 7.24. The number of nitrogens with one attached hydrogen (secondary N) is 1. The summed E-state index contributed by atoms with van der Waals surface area (Å²) in [6.45, 7) is 3.64. The Hall–Kier alpha value is -1.04. The molecule has 0 radical (unpaired) electrons. The van der Waals surface area contributed by atoms with Gasteiger partial charge in [-0.2, -0.15) is 0 Å². The Labute approximate surface area is 142 Å². The first kappa shape index (κ1) is 16.8. The predicted octanol–water partition coefficient (Wildman–Crippen LogP) is 3.22. The summed E-state index contributed by atoms with van der Waals surface area (Å²) in [5, 5.41) is 3.04. The summed E-state index contributed by atoms with van der Waals surface area (Å²) in [6, 6.07) is 10.4. The van der Waals surface area contributed by atoms with Gasteiger partial charge in [-0.15, -0.1) is 11.8 Å². The van der Waals surface area contributed by atoms with Crippen molar-refractivity contribution < 1.29 is 14.3 Å². The molecule has 1 saturated carbocycles. The zero-order valence-corrected chi connectivity index (χ0v) is 14.5. The number of hydrogen-bond acceptors (Lipinski definition) is 4. The smallest absolute Gasteiger partial charge is 0.216 e. The summed E-state index contributed by atoms with van der Waals surface area (Å²) < 4.78 is 11.9. The van der Waals surface area contributed by atoms with Crippen molar-refractivity contribution in [3.63, 3.8) is 0 Å². The van der Waals surface area contributed by atoms with E-state index >= 15 is 0 Å². The van der Waals surface area contributed by atoms with Crippen LogP contribution in [0.15, 0.2) is 35.2 Å². The fraction of sp³-hybridized carbons (Fsp3) is 0.611. The molecule has 2 fully saturated rings. The third-order valence-corrected chi connectivity index (χ3v) is 6.09. The predicted molar refractivity (Wildman–Crippen MR) is 91.4 cm³/mol. The van der Waals surface area contributed by atoms with E-state index in [9.17, 15) is 4.79 Å². The van der Waals surface area contributed by atoms with Crippen LogP contribution in [0.1, 0.15) is 32.6 Å². The van der Waals surface area contributed by atoms with Gasteiger partial charge in [0.1, 0.15) is 0 Å². The fourth-order valence-electron chi connectivity index (χ4n) is 3.61. The number of carbonyl (C=O) groups excluding carboxylic acids is 1. The quantitative estimate of drug-likeness (QED) is 0.840. The monoisotopic (exact) mass is 335 g/mol. The molecule has 5 heteroatoms. The molecule has 1 spiro atoms. The van der Waals surface area contributed by atoms with Crippen molar-refractivity contribution in [3.8, 4) is 0 Å². The van der Waals surface area contributed by atoms with Gasteiger partial charge in [0.15, 0.2) is 5.79 Å². The molecule has 1 atom stereocenters. The molecule has 1 aromatic carbocycles. The molecule has 0 aromatic heterocycles. The molecular formula is C18H25NO3S. The number of amides is 1. The topological polar surface area (TPSA) is 47.6 Å². The molecule has 1 aliphatic carbocycles. The summed E-state index contributed by atoms with van der Waals surface area (Å²) in [6.07, 6.45) is 4.00. The maximum atomic E-state index is 11.4. The average Bonchev–Trinajstić information content (AvgIpc) is 3.00. The molecular weight excluding hydrogens is 310 g/mol. The van der Waals surface area contributed by atoms with Crippen LogP contribution in [0, 0.1) is 5.41 Å². The second-order valence-electron chi connectivity index (χ2n) is 6.65. The van der Waals surface area contributed by atoms with Crippen molar-refractivity contribution in [1.29, 1.82) is 0 Å². The van der Waals surface area contributed by atoms with Crippen LogP contribution >= 0.6 is 11.8 Å². The molecule has 0 bridgehead atoms. The van der Waals surface area contributed by atoms with E-state index in [-0.39, 0.29) is 11.3 Å². The first-order chi connectivity index (χ1) is 11.1. The molecule has 1 unspecified atom stereocenters. The van der Waals surface area contributed by atoms with E-state index in [1.54, 1.807) is 6.92 Å². The van der Waals surface area contributed by atoms with Crippen molar-refractivity contribution in [3.05, 3.63) is 30.3 Å². The Bertz CT molecular complexity index is 530. The number of hydrogen-bond donors (Lipinski definition) is 1. The van der Waals surface area contributed by atoms with Gasteiger partial charge in [0, 0.05) is 42.4 Å². The standard InChI is InChI=1S/C18H25NO3S/c1-15(20)19-13-17(14-23-16-6-3-2-4-7-16)8-5-9-18(12-17)21-10-11-22-18/h2-4,6-7H,5,8-14H2,1H3,(H,19,20). The Morgan fingerprint density at radius 1 is 1.22 bits per heavy atom. The third kappa shape index (κ3) is 4.28. The molecule has 1 amide bonds. The van der Waals surface area contributed by atoms with Crippen molar-refractivity contribution in [2.24, 2.45) is 5.41 Å². The van der Waals surface area contributed by atoms with Crippen LogP contribution in [-0.4, -0.2) is 37.2 Å². The maximum absolute atomic E-state index is 11.4. The van der Waals surface area contributed by atoms with Gasteiger partial charge in [0.05, 0.1) is 13.2 Å². The van der Waals surface area contributed by atoms with E-state index in [1.165, 1.54) is 4.90 Å². The minimum absolute atomic E-state index is 0.0226. The van der Waals surface area contributed by atoms with E-state index in [2.05, 4.69) is 29.6 Å². The van der Waals surface area contributed by atoms with Crippen molar-refractivity contribution in [2.75, 3.05) is 25.5 Å². The van der Waals surface area contributed by atoms with E-state index < -0.39 is 5.79 Å². The van der Waals surface area contributed by atoms with Gasteiger partial charge in [0.25, 0.3) is 0 Å². The van der Waals surface area contributed by atoms with Crippen LogP contribution in [-0.2, 0) is 14.3 Å². The summed E-state index contributed by atoms with van der Waals surface area (Å²) in [5.74, 6) is 0.571. The van der Waals surface area contributed by atoms with Crippen LogP contribution in [0.25, 0.3) is 0 Å². The van der Waals surface area contributed by atoms with Gasteiger partial charge in [-0.05, 0) is 25.0 Å². The van der Waals surface area contributed by atoms with Crippen LogP contribution in [0.5, 0.6) is 0 Å².